The van der Waals surface area contributed by atoms with E-state index in [0.717, 1.165) is 11.3 Å². The van der Waals surface area contributed by atoms with Crippen molar-refractivity contribution in [1.82, 2.24) is 10.6 Å². The maximum atomic E-state index is 12.4. The summed E-state index contributed by atoms with van der Waals surface area (Å²) in [5.41, 5.74) is 3.36. The standard InChI is InChI=1S/C22H23N3O4S/c1-13-8-4-6-10-16(13)24-18(26)12-29-17-11-7-5-9-15(17)20-19(21(27)28-3)14(2)23-22(30)25-20/h4-11,20H,12H2,1-3H3,(H,24,26)(H2,23,25,30)/t20-/m1/s1. The van der Waals surface area contributed by atoms with Gasteiger partial charge in [0.25, 0.3) is 5.91 Å². The molecule has 0 aliphatic carbocycles. The highest BCUT2D eigenvalue weighted by Gasteiger charge is 2.32. The van der Waals surface area contributed by atoms with Crippen LogP contribution in [0.5, 0.6) is 5.75 Å². The Labute approximate surface area is 180 Å². The molecule has 0 saturated carbocycles. The molecular weight excluding hydrogens is 402 g/mol. The first-order valence-corrected chi connectivity index (χ1v) is 9.75. The van der Waals surface area contributed by atoms with Crippen molar-refractivity contribution in [3.05, 3.63) is 70.9 Å². The number of methoxy groups -OCH3 is 1. The van der Waals surface area contributed by atoms with Crippen molar-refractivity contribution in [2.75, 3.05) is 19.0 Å². The molecule has 30 heavy (non-hydrogen) atoms. The molecule has 1 aliphatic rings. The van der Waals surface area contributed by atoms with Crippen LogP contribution in [-0.4, -0.2) is 30.7 Å². The maximum Gasteiger partial charge on any atom is 0.337 e. The molecule has 0 aromatic heterocycles. The zero-order valence-electron chi connectivity index (χ0n) is 16.9. The first-order valence-electron chi connectivity index (χ1n) is 9.34. The Morgan fingerprint density at radius 3 is 2.53 bits per heavy atom. The van der Waals surface area contributed by atoms with Crippen LogP contribution in [0.4, 0.5) is 5.69 Å². The van der Waals surface area contributed by atoms with Gasteiger partial charge in [0, 0.05) is 16.9 Å². The number of ether oxygens (including phenoxy) is 2. The van der Waals surface area contributed by atoms with Crippen molar-refractivity contribution in [3.8, 4) is 5.75 Å². The second kappa shape index (κ2) is 9.41. The fraction of sp³-hybridized carbons (Fsp3) is 0.227. The predicted octanol–water partition coefficient (Wildman–Crippen LogP) is 2.98. The Morgan fingerprint density at radius 2 is 1.80 bits per heavy atom. The van der Waals surface area contributed by atoms with Gasteiger partial charge in [0.1, 0.15) is 5.75 Å². The minimum absolute atomic E-state index is 0.184. The lowest BCUT2D eigenvalue weighted by Crippen LogP contribution is -2.45. The number of hydrogen-bond acceptors (Lipinski definition) is 5. The van der Waals surface area contributed by atoms with Crippen molar-refractivity contribution in [2.45, 2.75) is 19.9 Å². The van der Waals surface area contributed by atoms with Crippen molar-refractivity contribution in [1.29, 1.82) is 0 Å². The Hall–Kier alpha value is -3.39. The number of allylic oxidation sites excluding steroid dienone is 1. The molecule has 2 aromatic carbocycles. The number of hydrogen-bond donors (Lipinski definition) is 3. The van der Waals surface area contributed by atoms with Crippen molar-refractivity contribution in [3.63, 3.8) is 0 Å². The molecule has 1 aliphatic heterocycles. The minimum atomic E-state index is -0.568. The molecule has 1 atom stereocenters. The number of anilines is 1. The SMILES string of the molecule is COC(=O)C1=C(C)NC(=S)N[C@@H]1c1ccccc1OCC(=O)Nc1ccccc1C. The highest BCUT2D eigenvalue weighted by Crippen LogP contribution is 2.33. The van der Waals surface area contributed by atoms with Crippen LogP contribution in [0.15, 0.2) is 59.8 Å². The first-order chi connectivity index (χ1) is 14.4. The molecule has 1 heterocycles. The second-order valence-corrected chi connectivity index (χ2v) is 7.16. The van der Waals surface area contributed by atoms with Crippen LogP contribution in [-0.2, 0) is 14.3 Å². The summed E-state index contributed by atoms with van der Waals surface area (Å²) in [5, 5.41) is 9.25. The average molecular weight is 426 g/mol. The van der Waals surface area contributed by atoms with Gasteiger partial charge in [-0.25, -0.2) is 4.79 Å². The normalized spacial score (nSPS) is 15.7. The summed E-state index contributed by atoms with van der Waals surface area (Å²) in [7, 11) is 1.32. The van der Waals surface area contributed by atoms with Gasteiger partial charge in [0.05, 0.1) is 18.7 Å². The molecule has 0 bridgehead atoms. The number of thiocarbonyl (C=S) groups is 1. The number of nitrogens with one attached hydrogen (secondary N) is 3. The molecule has 156 valence electrons. The van der Waals surface area contributed by atoms with E-state index >= 15 is 0 Å². The number of aryl methyl sites for hydroxylation is 1. The Morgan fingerprint density at radius 1 is 1.10 bits per heavy atom. The lowest BCUT2D eigenvalue weighted by molar-refractivity contribution is -0.136. The molecule has 7 nitrogen and oxygen atoms in total. The van der Waals surface area contributed by atoms with Gasteiger partial charge in [0.15, 0.2) is 11.7 Å². The third-order valence-electron chi connectivity index (χ3n) is 4.68. The molecule has 1 amide bonds. The zero-order chi connectivity index (χ0) is 21.7. The van der Waals surface area contributed by atoms with Crippen LogP contribution in [0.3, 0.4) is 0 Å². The number of para-hydroxylation sites is 2. The summed E-state index contributed by atoms with van der Waals surface area (Å²) in [5.74, 6) is -0.297. The van der Waals surface area contributed by atoms with Gasteiger partial charge in [-0.3, -0.25) is 4.79 Å². The quantitative estimate of drug-likeness (QED) is 0.484. The number of carbonyl (C=O) groups is 2. The topological polar surface area (TPSA) is 88.7 Å². The highest BCUT2D eigenvalue weighted by molar-refractivity contribution is 7.80. The molecule has 0 saturated heterocycles. The Kier molecular flexibility index (Phi) is 6.68. The van der Waals surface area contributed by atoms with E-state index in [-0.39, 0.29) is 12.5 Å². The van der Waals surface area contributed by atoms with Gasteiger partial charge in [0.2, 0.25) is 0 Å². The maximum absolute atomic E-state index is 12.4. The predicted molar refractivity (Wildman–Crippen MR) is 118 cm³/mol. The third kappa shape index (κ3) is 4.77. The molecule has 0 radical (unpaired) electrons. The lowest BCUT2D eigenvalue weighted by atomic mass is 9.95. The van der Waals surface area contributed by atoms with Crippen molar-refractivity contribution < 1.29 is 19.1 Å². The molecule has 0 spiro atoms. The van der Waals surface area contributed by atoms with Crippen LogP contribution in [0.1, 0.15) is 24.1 Å². The number of esters is 1. The van der Waals surface area contributed by atoms with Crippen LogP contribution in [0, 0.1) is 6.92 Å². The Balaban J connectivity index is 1.81. The van der Waals surface area contributed by atoms with Crippen LogP contribution >= 0.6 is 12.2 Å². The van der Waals surface area contributed by atoms with Gasteiger partial charge in [-0.15, -0.1) is 0 Å². The third-order valence-corrected chi connectivity index (χ3v) is 4.90. The first kappa shape index (κ1) is 21.3. The van der Waals surface area contributed by atoms with E-state index in [1.165, 1.54) is 7.11 Å². The zero-order valence-corrected chi connectivity index (χ0v) is 17.8. The molecule has 3 N–H and O–H groups in total. The summed E-state index contributed by atoms with van der Waals surface area (Å²) in [6, 6.07) is 14.1. The largest absolute Gasteiger partial charge is 0.483 e. The molecule has 3 rings (SSSR count). The van der Waals surface area contributed by atoms with E-state index in [9.17, 15) is 9.59 Å². The van der Waals surface area contributed by atoms with Gasteiger partial charge in [-0.05, 0) is 43.8 Å². The van der Waals surface area contributed by atoms with Crippen LogP contribution < -0.4 is 20.7 Å². The second-order valence-electron chi connectivity index (χ2n) is 6.75. The minimum Gasteiger partial charge on any atom is -0.483 e. The summed E-state index contributed by atoms with van der Waals surface area (Å²) in [4.78, 5) is 24.8. The highest BCUT2D eigenvalue weighted by atomic mass is 32.1. The number of carbonyl (C=O) groups excluding carboxylic acids is 2. The summed E-state index contributed by atoms with van der Waals surface area (Å²) in [6.07, 6.45) is 0. The lowest BCUT2D eigenvalue weighted by Gasteiger charge is -2.30. The van der Waals surface area contributed by atoms with Crippen LogP contribution in [0.25, 0.3) is 0 Å². The fourth-order valence-electron chi connectivity index (χ4n) is 3.20. The van der Waals surface area contributed by atoms with E-state index in [1.807, 2.05) is 43.3 Å². The van der Waals surface area contributed by atoms with Gasteiger partial charge >= 0.3 is 5.97 Å². The van der Waals surface area contributed by atoms with Crippen LogP contribution in [0.2, 0.25) is 0 Å². The molecule has 0 fully saturated rings. The van der Waals surface area contributed by atoms with Gasteiger partial charge in [-0.1, -0.05) is 36.4 Å². The summed E-state index contributed by atoms with van der Waals surface area (Å²) >= 11 is 5.26. The van der Waals surface area contributed by atoms with Crippen molar-refractivity contribution >= 4 is 34.9 Å². The monoisotopic (exact) mass is 425 g/mol. The molecule has 8 heteroatoms. The van der Waals surface area contributed by atoms with E-state index in [1.54, 1.807) is 19.1 Å². The fourth-order valence-corrected chi connectivity index (χ4v) is 3.47. The van der Waals surface area contributed by atoms with E-state index in [0.29, 0.717) is 27.7 Å². The number of rotatable bonds is 6. The Bertz CT molecular complexity index is 1020. The molecule has 2 aromatic rings. The number of amides is 1. The number of benzene rings is 2. The molecular formula is C22H23N3O4S. The van der Waals surface area contributed by atoms with E-state index < -0.39 is 12.0 Å². The van der Waals surface area contributed by atoms with E-state index in [4.69, 9.17) is 21.7 Å². The smallest absolute Gasteiger partial charge is 0.337 e. The van der Waals surface area contributed by atoms with Gasteiger partial charge < -0.3 is 25.4 Å². The summed E-state index contributed by atoms with van der Waals surface area (Å²) in [6.45, 7) is 3.49. The van der Waals surface area contributed by atoms with Gasteiger partial charge in [-0.2, -0.15) is 0 Å². The van der Waals surface area contributed by atoms with Crippen molar-refractivity contribution in [2.24, 2.45) is 0 Å². The summed E-state index contributed by atoms with van der Waals surface area (Å²) < 4.78 is 10.7. The molecule has 0 unspecified atom stereocenters. The van der Waals surface area contributed by atoms with E-state index in [2.05, 4.69) is 16.0 Å². The average Bonchev–Trinajstić information content (AvgIpc) is 2.73.